The van der Waals surface area contributed by atoms with Crippen molar-refractivity contribution in [2.24, 2.45) is 0 Å². The number of piperidine rings is 1. The van der Waals surface area contributed by atoms with Gasteiger partial charge in [-0.3, -0.25) is 0 Å². The van der Waals surface area contributed by atoms with Crippen LogP contribution in [0, 0.1) is 0 Å². The van der Waals surface area contributed by atoms with Crippen LogP contribution >= 0.6 is 0 Å². The molecular formula is C5H12AsN. The summed E-state index contributed by atoms with van der Waals surface area (Å²) in [6, 6.07) is 0. The molecule has 1 N–H and O–H groups in total. The van der Waals surface area contributed by atoms with E-state index >= 15 is 0 Å². The fraction of sp³-hybridized carbons (Fsp3) is 1.00. The van der Waals surface area contributed by atoms with Crippen molar-refractivity contribution in [1.82, 2.24) is 5.32 Å². The predicted octanol–water partition coefficient (Wildman–Crippen LogP) is -0.209. The number of rotatable bonds is 0. The molecule has 1 saturated heterocycles. The molecule has 0 aromatic rings. The molecule has 1 aliphatic rings. The molecule has 0 radical (unpaired) electrons. The second-order valence-corrected chi connectivity index (χ2v) is 4.07. The molecule has 1 nitrogen and oxygen atoms in total. The fourth-order valence-corrected chi connectivity index (χ4v) is 1.54. The average Bonchev–Trinajstić information content (AvgIpc) is 1.69. The van der Waals surface area contributed by atoms with E-state index in [9.17, 15) is 0 Å². The van der Waals surface area contributed by atoms with Gasteiger partial charge >= 0.3 is 52.8 Å². The SMILES string of the molecule is [AsH2]C1CCNCC1. The van der Waals surface area contributed by atoms with Crippen molar-refractivity contribution in [2.45, 2.75) is 17.5 Å². The molecule has 0 aromatic heterocycles. The molecular weight excluding hydrogens is 149 g/mol. The van der Waals surface area contributed by atoms with Crippen molar-refractivity contribution >= 4 is 16.9 Å². The summed E-state index contributed by atoms with van der Waals surface area (Å²) in [6.45, 7) is 2.51. The number of hydrogen-bond donors (Lipinski definition) is 1. The van der Waals surface area contributed by atoms with Crippen LogP contribution in [0.2, 0.25) is 4.71 Å². The van der Waals surface area contributed by atoms with Crippen LogP contribution in [-0.2, 0) is 0 Å². The Balaban J connectivity index is 2.12. The summed E-state index contributed by atoms with van der Waals surface area (Å²) < 4.78 is 1.04. The van der Waals surface area contributed by atoms with Gasteiger partial charge in [-0.25, -0.2) is 0 Å². The van der Waals surface area contributed by atoms with E-state index in [4.69, 9.17) is 0 Å². The summed E-state index contributed by atoms with van der Waals surface area (Å²) in [5.41, 5.74) is 0. The van der Waals surface area contributed by atoms with Gasteiger partial charge in [0.1, 0.15) is 0 Å². The van der Waals surface area contributed by atoms with Gasteiger partial charge in [-0.2, -0.15) is 0 Å². The first kappa shape index (κ1) is 5.65. The molecule has 1 atom stereocenters. The molecule has 1 unspecified atom stereocenters. The zero-order chi connectivity index (χ0) is 5.11. The molecule has 1 fully saturated rings. The topological polar surface area (TPSA) is 12.0 Å². The van der Waals surface area contributed by atoms with Crippen LogP contribution in [0.15, 0.2) is 0 Å². The number of nitrogens with one attached hydrogen (secondary N) is 1. The van der Waals surface area contributed by atoms with Crippen LogP contribution in [0.3, 0.4) is 0 Å². The molecule has 0 bridgehead atoms. The van der Waals surface area contributed by atoms with Crippen LogP contribution in [0.5, 0.6) is 0 Å². The van der Waals surface area contributed by atoms with Crippen LogP contribution in [-0.4, -0.2) is 29.9 Å². The van der Waals surface area contributed by atoms with Crippen molar-refractivity contribution < 1.29 is 0 Å². The Morgan fingerprint density at radius 1 is 1.29 bits per heavy atom. The molecule has 0 aliphatic carbocycles. The monoisotopic (exact) mass is 161 g/mol. The van der Waals surface area contributed by atoms with Crippen LogP contribution in [0.4, 0.5) is 0 Å². The van der Waals surface area contributed by atoms with Crippen LogP contribution in [0.25, 0.3) is 0 Å². The van der Waals surface area contributed by atoms with Gasteiger partial charge in [0.15, 0.2) is 0 Å². The Morgan fingerprint density at radius 2 is 1.86 bits per heavy atom. The number of hydrogen-bond acceptors (Lipinski definition) is 1. The summed E-state index contributed by atoms with van der Waals surface area (Å²) >= 11 is 1.91. The van der Waals surface area contributed by atoms with E-state index < -0.39 is 0 Å². The third-order valence-corrected chi connectivity index (χ3v) is 2.78. The second-order valence-electron chi connectivity index (χ2n) is 2.09. The molecule has 42 valence electrons. The summed E-state index contributed by atoms with van der Waals surface area (Å²) in [4.78, 5) is 0. The van der Waals surface area contributed by atoms with Gasteiger partial charge in [0.05, 0.1) is 0 Å². The van der Waals surface area contributed by atoms with Crippen molar-refractivity contribution in [3.05, 3.63) is 0 Å². The first-order valence-corrected chi connectivity index (χ1v) is 4.26. The van der Waals surface area contributed by atoms with Gasteiger partial charge in [0, 0.05) is 0 Å². The van der Waals surface area contributed by atoms with Crippen molar-refractivity contribution in [3.8, 4) is 0 Å². The maximum atomic E-state index is 3.33. The maximum absolute atomic E-state index is 3.33. The zero-order valence-electron chi connectivity index (χ0n) is 4.48. The third-order valence-electron chi connectivity index (χ3n) is 1.38. The van der Waals surface area contributed by atoms with E-state index in [1.165, 1.54) is 25.9 Å². The summed E-state index contributed by atoms with van der Waals surface area (Å²) in [7, 11) is 0. The van der Waals surface area contributed by atoms with E-state index in [1.54, 1.807) is 0 Å². The van der Waals surface area contributed by atoms with E-state index in [-0.39, 0.29) is 0 Å². The molecule has 0 amide bonds. The predicted molar refractivity (Wildman–Crippen MR) is 34.4 cm³/mol. The molecule has 1 aliphatic heterocycles. The Bertz CT molecular complexity index is 50.0. The Hall–Kier alpha value is 0.518. The molecule has 7 heavy (non-hydrogen) atoms. The normalized spacial score (nSPS) is 25.3. The van der Waals surface area contributed by atoms with E-state index in [0.29, 0.717) is 0 Å². The molecule has 0 aromatic carbocycles. The molecule has 1 rings (SSSR count). The first-order chi connectivity index (χ1) is 3.39. The van der Waals surface area contributed by atoms with Gasteiger partial charge in [-0.1, -0.05) is 0 Å². The molecule has 0 spiro atoms. The van der Waals surface area contributed by atoms with Gasteiger partial charge in [0.25, 0.3) is 0 Å². The Labute approximate surface area is 53.4 Å². The summed E-state index contributed by atoms with van der Waals surface area (Å²) in [5.74, 6) is 0. The quantitative estimate of drug-likeness (QED) is 0.485. The van der Waals surface area contributed by atoms with E-state index in [0.717, 1.165) is 4.71 Å². The second kappa shape index (κ2) is 2.74. The Morgan fingerprint density at radius 3 is 2.14 bits per heavy atom. The molecule has 1 heterocycles. The van der Waals surface area contributed by atoms with Gasteiger partial charge in [0.2, 0.25) is 0 Å². The van der Waals surface area contributed by atoms with Crippen LogP contribution in [0.1, 0.15) is 12.8 Å². The third kappa shape index (κ3) is 1.83. The van der Waals surface area contributed by atoms with Gasteiger partial charge in [-0.05, 0) is 0 Å². The van der Waals surface area contributed by atoms with Crippen molar-refractivity contribution in [3.63, 3.8) is 0 Å². The van der Waals surface area contributed by atoms with Crippen molar-refractivity contribution in [2.75, 3.05) is 13.1 Å². The summed E-state index contributed by atoms with van der Waals surface area (Å²) in [5, 5.41) is 3.33. The minimum atomic E-state index is 1.04. The van der Waals surface area contributed by atoms with E-state index in [1.807, 2.05) is 16.9 Å². The average molecular weight is 161 g/mol. The standard InChI is InChI=1S/C5H12AsN/c6-5-1-3-7-4-2-5/h5,7H,1-4,6H2. The van der Waals surface area contributed by atoms with Gasteiger partial charge < -0.3 is 0 Å². The van der Waals surface area contributed by atoms with Crippen LogP contribution < -0.4 is 5.32 Å². The Kier molecular flexibility index (Phi) is 2.21. The fourth-order valence-electron chi connectivity index (χ4n) is 0.844. The minimum absolute atomic E-state index is 1.04. The van der Waals surface area contributed by atoms with Gasteiger partial charge in [-0.15, -0.1) is 0 Å². The van der Waals surface area contributed by atoms with Crippen molar-refractivity contribution in [1.29, 1.82) is 0 Å². The molecule has 0 saturated carbocycles. The first-order valence-electron chi connectivity index (χ1n) is 2.86. The van der Waals surface area contributed by atoms with E-state index in [2.05, 4.69) is 5.32 Å². The zero-order valence-corrected chi connectivity index (χ0v) is 6.91. The molecule has 2 heteroatoms. The summed E-state index contributed by atoms with van der Waals surface area (Å²) in [6.07, 6.45) is 2.81.